The molecule has 3 N–H and O–H groups in total. The van der Waals surface area contributed by atoms with E-state index in [1.165, 1.54) is 0 Å². The Balaban J connectivity index is 1.57. The van der Waals surface area contributed by atoms with Crippen LogP contribution in [0.3, 0.4) is 0 Å². The minimum Gasteiger partial charge on any atom is -0.431 e. The number of oxazole rings is 1. The second-order valence-electron chi connectivity index (χ2n) is 5.57. The zero-order valence-electron chi connectivity index (χ0n) is 11.4. The van der Waals surface area contributed by atoms with Crippen molar-refractivity contribution in [2.24, 2.45) is 11.7 Å². The standard InChI is InChI=1S/C15H20N2O2S/c16-15(10-18)8-3-4-11(15)7-9-20-14-17-12-5-1-2-6-13(12)19-14/h1-2,5-6,11,18H,3-4,7-10,16H2. The molecule has 2 atom stereocenters. The van der Waals surface area contributed by atoms with Crippen molar-refractivity contribution in [1.29, 1.82) is 0 Å². The minimum absolute atomic E-state index is 0.0885. The third-order valence-corrected chi connectivity index (χ3v) is 5.13. The number of nitrogens with two attached hydrogens (primary N) is 1. The third kappa shape index (κ3) is 2.71. The maximum Gasteiger partial charge on any atom is 0.256 e. The second-order valence-corrected chi connectivity index (χ2v) is 6.61. The molecule has 20 heavy (non-hydrogen) atoms. The summed E-state index contributed by atoms with van der Waals surface area (Å²) in [6.07, 6.45) is 4.17. The molecule has 1 fully saturated rings. The van der Waals surface area contributed by atoms with Gasteiger partial charge in [-0.1, -0.05) is 30.3 Å². The molecule has 4 nitrogen and oxygen atoms in total. The van der Waals surface area contributed by atoms with E-state index in [0.717, 1.165) is 47.8 Å². The Morgan fingerprint density at radius 1 is 1.45 bits per heavy atom. The highest BCUT2D eigenvalue weighted by Gasteiger charge is 2.38. The lowest BCUT2D eigenvalue weighted by Crippen LogP contribution is -2.47. The van der Waals surface area contributed by atoms with Crippen LogP contribution in [-0.4, -0.2) is 28.0 Å². The number of aliphatic hydroxyl groups is 1. The highest BCUT2D eigenvalue weighted by Crippen LogP contribution is 2.37. The first kappa shape index (κ1) is 13.9. The molecule has 2 aromatic rings. The van der Waals surface area contributed by atoms with Crippen molar-refractivity contribution in [3.05, 3.63) is 24.3 Å². The van der Waals surface area contributed by atoms with Gasteiger partial charge in [0.1, 0.15) is 5.52 Å². The van der Waals surface area contributed by atoms with Gasteiger partial charge in [0, 0.05) is 11.3 Å². The molecule has 0 aliphatic heterocycles. The van der Waals surface area contributed by atoms with Crippen LogP contribution in [0.2, 0.25) is 0 Å². The number of hydrogen-bond donors (Lipinski definition) is 2. The van der Waals surface area contributed by atoms with Gasteiger partial charge >= 0.3 is 0 Å². The lowest BCUT2D eigenvalue weighted by Gasteiger charge is -2.29. The van der Waals surface area contributed by atoms with Gasteiger partial charge in [-0.3, -0.25) is 0 Å². The van der Waals surface area contributed by atoms with E-state index >= 15 is 0 Å². The fraction of sp³-hybridized carbons (Fsp3) is 0.533. The van der Waals surface area contributed by atoms with Crippen molar-refractivity contribution in [3.63, 3.8) is 0 Å². The molecule has 1 aromatic heterocycles. The molecular formula is C15H20N2O2S. The van der Waals surface area contributed by atoms with Crippen molar-refractivity contribution in [1.82, 2.24) is 4.98 Å². The van der Waals surface area contributed by atoms with Gasteiger partial charge in [-0.2, -0.15) is 0 Å². The lowest BCUT2D eigenvalue weighted by molar-refractivity contribution is 0.158. The Labute approximate surface area is 122 Å². The largest absolute Gasteiger partial charge is 0.431 e. The number of rotatable bonds is 5. The van der Waals surface area contributed by atoms with E-state index in [2.05, 4.69) is 4.98 Å². The average molecular weight is 292 g/mol. The molecule has 0 radical (unpaired) electrons. The van der Waals surface area contributed by atoms with E-state index < -0.39 is 0 Å². The summed E-state index contributed by atoms with van der Waals surface area (Å²) in [5.41, 5.74) is 7.61. The summed E-state index contributed by atoms with van der Waals surface area (Å²) in [4.78, 5) is 4.45. The Morgan fingerprint density at radius 2 is 2.30 bits per heavy atom. The molecule has 5 heteroatoms. The third-order valence-electron chi connectivity index (χ3n) is 4.27. The average Bonchev–Trinajstić information content (AvgIpc) is 3.03. The van der Waals surface area contributed by atoms with Gasteiger partial charge < -0.3 is 15.3 Å². The number of aliphatic hydroxyl groups excluding tert-OH is 1. The Morgan fingerprint density at radius 3 is 3.10 bits per heavy atom. The van der Waals surface area contributed by atoms with Crippen molar-refractivity contribution in [2.45, 2.75) is 36.4 Å². The number of para-hydroxylation sites is 2. The summed E-state index contributed by atoms with van der Waals surface area (Å²) in [6, 6.07) is 7.79. The van der Waals surface area contributed by atoms with Gasteiger partial charge in [0.25, 0.3) is 5.22 Å². The highest BCUT2D eigenvalue weighted by atomic mass is 32.2. The first-order valence-electron chi connectivity index (χ1n) is 7.09. The van der Waals surface area contributed by atoms with Crippen molar-refractivity contribution >= 4 is 22.9 Å². The molecule has 1 aliphatic carbocycles. The Bertz CT molecular complexity index is 553. The number of hydrogen-bond acceptors (Lipinski definition) is 5. The summed E-state index contributed by atoms with van der Waals surface area (Å²) >= 11 is 1.63. The predicted molar refractivity (Wildman–Crippen MR) is 80.7 cm³/mol. The molecule has 3 rings (SSSR count). The van der Waals surface area contributed by atoms with Crippen LogP contribution in [0.15, 0.2) is 33.9 Å². The summed E-state index contributed by atoms with van der Waals surface area (Å²) in [6.45, 7) is 0.0885. The molecule has 1 aromatic carbocycles. The van der Waals surface area contributed by atoms with Crippen LogP contribution in [0.1, 0.15) is 25.7 Å². The molecule has 0 spiro atoms. The van der Waals surface area contributed by atoms with Crippen LogP contribution in [0.25, 0.3) is 11.1 Å². The van der Waals surface area contributed by atoms with Crippen LogP contribution < -0.4 is 5.73 Å². The molecular weight excluding hydrogens is 272 g/mol. The molecule has 0 bridgehead atoms. The topological polar surface area (TPSA) is 72.3 Å². The van der Waals surface area contributed by atoms with Crippen molar-refractivity contribution in [2.75, 3.05) is 12.4 Å². The number of nitrogens with zero attached hydrogens (tertiary/aromatic N) is 1. The molecule has 1 saturated carbocycles. The second kappa shape index (κ2) is 5.76. The number of fused-ring (bicyclic) bond motifs is 1. The van der Waals surface area contributed by atoms with Gasteiger partial charge in [-0.15, -0.1) is 0 Å². The fourth-order valence-corrected chi connectivity index (χ4v) is 3.90. The molecule has 1 aliphatic rings. The van der Waals surface area contributed by atoms with Gasteiger partial charge in [-0.05, 0) is 37.3 Å². The van der Waals surface area contributed by atoms with E-state index in [9.17, 15) is 5.11 Å². The summed E-state index contributed by atoms with van der Waals surface area (Å²) in [5, 5.41) is 10.2. The number of aromatic nitrogens is 1. The fourth-order valence-electron chi connectivity index (χ4n) is 3.01. The van der Waals surface area contributed by atoms with Crippen LogP contribution in [0, 0.1) is 5.92 Å². The predicted octanol–water partition coefficient (Wildman–Crippen LogP) is 2.80. The zero-order valence-corrected chi connectivity index (χ0v) is 12.2. The van der Waals surface area contributed by atoms with Crippen molar-refractivity contribution < 1.29 is 9.52 Å². The smallest absolute Gasteiger partial charge is 0.256 e. The van der Waals surface area contributed by atoms with Gasteiger partial charge in [-0.25, -0.2) is 4.98 Å². The molecule has 1 heterocycles. The molecule has 2 unspecified atom stereocenters. The maximum absolute atomic E-state index is 9.44. The van der Waals surface area contributed by atoms with Gasteiger partial charge in [0.15, 0.2) is 5.58 Å². The van der Waals surface area contributed by atoms with Crippen LogP contribution in [0.5, 0.6) is 0 Å². The normalized spacial score (nSPS) is 26.4. The summed E-state index contributed by atoms with van der Waals surface area (Å²) in [7, 11) is 0. The molecule has 0 saturated heterocycles. The SMILES string of the molecule is NC1(CO)CCCC1CCSc1nc2ccccc2o1. The van der Waals surface area contributed by atoms with E-state index in [0.29, 0.717) is 5.92 Å². The van der Waals surface area contributed by atoms with Crippen LogP contribution in [-0.2, 0) is 0 Å². The van der Waals surface area contributed by atoms with E-state index in [4.69, 9.17) is 10.2 Å². The summed E-state index contributed by atoms with van der Waals surface area (Å²) in [5.74, 6) is 1.33. The quantitative estimate of drug-likeness (QED) is 0.829. The lowest BCUT2D eigenvalue weighted by atomic mass is 9.87. The molecule has 108 valence electrons. The highest BCUT2D eigenvalue weighted by molar-refractivity contribution is 7.99. The van der Waals surface area contributed by atoms with E-state index in [-0.39, 0.29) is 12.1 Å². The zero-order chi connectivity index (χ0) is 14.0. The monoisotopic (exact) mass is 292 g/mol. The Kier molecular flexibility index (Phi) is 4.01. The first-order chi connectivity index (χ1) is 9.71. The van der Waals surface area contributed by atoms with E-state index in [1.807, 2.05) is 24.3 Å². The van der Waals surface area contributed by atoms with Crippen LogP contribution in [0.4, 0.5) is 0 Å². The van der Waals surface area contributed by atoms with Gasteiger partial charge in [0.05, 0.1) is 6.61 Å². The maximum atomic E-state index is 9.44. The van der Waals surface area contributed by atoms with Crippen LogP contribution >= 0.6 is 11.8 Å². The first-order valence-corrected chi connectivity index (χ1v) is 8.08. The summed E-state index contributed by atoms with van der Waals surface area (Å²) < 4.78 is 5.68. The van der Waals surface area contributed by atoms with Gasteiger partial charge in [0.2, 0.25) is 0 Å². The Hall–Kier alpha value is -1.04. The minimum atomic E-state index is -0.373. The number of thioether (sulfide) groups is 1. The van der Waals surface area contributed by atoms with E-state index in [1.54, 1.807) is 11.8 Å². The molecule has 0 amide bonds. The number of benzene rings is 1. The van der Waals surface area contributed by atoms with Crippen molar-refractivity contribution in [3.8, 4) is 0 Å².